The summed E-state index contributed by atoms with van der Waals surface area (Å²) < 4.78 is 27.7. The summed E-state index contributed by atoms with van der Waals surface area (Å²) in [6, 6.07) is 7.04. The molecule has 15 heteroatoms. The summed E-state index contributed by atoms with van der Waals surface area (Å²) in [6.07, 6.45) is -0.638. The molecule has 3 amide bonds. The largest absolute Gasteiger partial charge is 0.497 e. The molecule has 1 atom stereocenters. The lowest BCUT2D eigenvalue weighted by Gasteiger charge is -2.36. The first-order valence-electron chi connectivity index (χ1n) is 15.1. The molecular weight excluding hydrogens is 602 g/mol. The monoisotopic (exact) mass is 645 g/mol. The van der Waals surface area contributed by atoms with Gasteiger partial charge in [-0.05, 0) is 53.2 Å². The molecule has 1 N–H and O–H groups in total. The van der Waals surface area contributed by atoms with Crippen LogP contribution in [0.4, 0.5) is 4.79 Å². The molecule has 3 rings (SSSR count). The highest BCUT2D eigenvalue weighted by Gasteiger charge is 2.32. The van der Waals surface area contributed by atoms with Crippen LogP contribution in [0, 0.1) is 0 Å². The zero-order chi connectivity index (χ0) is 33.9. The first kappa shape index (κ1) is 35.7. The van der Waals surface area contributed by atoms with Gasteiger partial charge in [-0.2, -0.15) is 5.10 Å². The van der Waals surface area contributed by atoms with Gasteiger partial charge in [0, 0.05) is 44.7 Å². The summed E-state index contributed by atoms with van der Waals surface area (Å²) in [7, 11) is 1.50. The van der Waals surface area contributed by atoms with Gasteiger partial charge in [-0.1, -0.05) is 6.07 Å². The van der Waals surface area contributed by atoms with Gasteiger partial charge in [-0.3, -0.25) is 14.4 Å². The normalized spacial score (nSPS) is 13.8. The van der Waals surface area contributed by atoms with Crippen molar-refractivity contribution >= 4 is 29.8 Å². The van der Waals surface area contributed by atoms with Crippen LogP contribution in [0.3, 0.4) is 0 Å². The summed E-state index contributed by atoms with van der Waals surface area (Å²) >= 11 is 0. The Labute approximate surface area is 268 Å². The molecule has 0 saturated carbocycles. The lowest BCUT2D eigenvalue weighted by Crippen LogP contribution is -2.56. The third-order valence-electron chi connectivity index (χ3n) is 6.63. The van der Waals surface area contributed by atoms with Crippen LogP contribution in [0.1, 0.15) is 57.9 Å². The van der Waals surface area contributed by atoms with Crippen molar-refractivity contribution in [2.24, 2.45) is 0 Å². The van der Waals surface area contributed by atoms with Crippen molar-refractivity contribution < 1.29 is 47.7 Å². The standard InChI is InChI=1S/C31H43N5O10/c1-7-43-27(38)20-45-25-19-24(33-36(25)21-10-9-11-22(18-21)42-6)28(39)32-23(12-13-26(37)46-31(3,4)5)29(40)34-14-16-35(17-15-34)30(41)44-8-2/h9-11,18-19,23H,7-8,12-17,20H2,1-6H3,(H,32,39). The Balaban J connectivity index is 1.84. The van der Waals surface area contributed by atoms with Crippen LogP contribution in [0.25, 0.3) is 5.69 Å². The second-order valence-corrected chi connectivity index (χ2v) is 11.2. The number of ether oxygens (including phenoxy) is 5. The van der Waals surface area contributed by atoms with E-state index < -0.39 is 48.1 Å². The maximum Gasteiger partial charge on any atom is 0.409 e. The van der Waals surface area contributed by atoms with Gasteiger partial charge in [0.25, 0.3) is 5.91 Å². The second-order valence-electron chi connectivity index (χ2n) is 11.2. The van der Waals surface area contributed by atoms with E-state index in [0.29, 0.717) is 11.4 Å². The lowest BCUT2D eigenvalue weighted by atomic mass is 10.1. The number of benzene rings is 1. The van der Waals surface area contributed by atoms with Crippen LogP contribution in [-0.2, 0) is 28.6 Å². The van der Waals surface area contributed by atoms with E-state index in [4.69, 9.17) is 23.7 Å². The molecule has 1 aliphatic heterocycles. The minimum atomic E-state index is -1.11. The highest BCUT2D eigenvalue weighted by Crippen LogP contribution is 2.23. The minimum Gasteiger partial charge on any atom is -0.497 e. The number of piperazine rings is 1. The minimum absolute atomic E-state index is 0.0413. The number of carbonyl (C=O) groups excluding carboxylic acids is 5. The predicted molar refractivity (Wildman–Crippen MR) is 164 cm³/mol. The van der Waals surface area contributed by atoms with Gasteiger partial charge in [0.2, 0.25) is 11.8 Å². The van der Waals surface area contributed by atoms with Crippen LogP contribution in [0.5, 0.6) is 11.6 Å². The topological polar surface area (TPSA) is 168 Å². The maximum absolute atomic E-state index is 13.7. The summed E-state index contributed by atoms with van der Waals surface area (Å²) in [5, 5.41) is 7.10. The van der Waals surface area contributed by atoms with E-state index in [-0.39, 0.29) is 63.8 Å². The molecule has 0 radical (unpaired) electrons. The van der Waals surface area contributed by atoms with Crippen molar-refractivity contribution in [3.05, 3.63) is 36.0 Å². The Morgan fingerprint density at radius 1 is 0.935 bits per heavy atom. The molecule has 46 heavy (non-hydrogen) atoms. The summed E-state index contributed by atoms with van der Waals surface area (Å²) in [5.41, 5.74) is -0.353. The van der Waals surface area contributed by atoms with Gasteiger partial charge in [-0.15, -0.1) is 0 Å². The summed E-state index contributed by atoms with van der Waals surface area (Å²) in [4.78, 5) is 66.9. The fourth-order valence-corrected chi connectivity index (χ4v) is 4.53. The molecule has 1 unspecified atom stereocenters. The Morgan fingerprint density at radius 3 is 2.24 bits per heavy atom. The number of methoxy groups -OCH3 is 1. The van der Waals surface area contributed by atoms with E-state index in [1.807, 2.05) is 0 Å². The van der Waals surface area contributed by atoms with E-state index in [9.17, 15) is 24.0 Å². The molecule has 2 heterocycles. The van der Waals surface area contributed by atoms with E-state index in [1.165, 1.54) is 27.7 Å². The second kappa shape index (κ2) is 16.5. The fraction of sp³-hybridized carbons (Fsp3) is 0.548. The van der Waals surface area contributed by atoms with Crippen molar-refractivity contribution in [1.82, 2.24) is 24.9 Å². The predicted octanol–water partition coefficient (Wildman–Crippen LogP) is 2.34. The number of esters is 2. The summed E-state index contributed by atoms with van der Waals surface area (Å²) in [6.45, 7) is 9.50. The number of aromatic nitrogens is 2. The van der Waals surface area contributed by atoms with Crippen molar-refractivity contribution in [2.45, 2.75) is 59.1 Å². The SMILES string of the molecule is CCOC(=O)COc1cc(C(=O)NC(CCC(=O)OC(C)(C)C)C(=O)N2CCN(C(=O)OCC)CC2)nn1-c1cccc(OC)c1. The van der Waals surface area contributed by atoms with Crippen LogP contribution in [-0.4, -0.2) is 114 Å². The third kappa shape index (κ3) is 10.4. The van der Waals surface area contributed by atoms with Gasteiger partial charge < -0.3 is 38.8 Å². The Bertz CT molecular complexity index is 1380. The molecule has 1 aromatic heterocycles. The summed E-state index contributed by atoms with van der Waals surface area (Å²) in [5.74, 6) is -1.68. The van der Waals surface area contributed by atoms with Crippen molar-refractivity contribution in [2.75, 3.05) is 53.1 Å². The lowest BCUT2D eigenvalue weighted by molar-refractivity contribution is -0.155. The molecule has 0 bridgehead atoms. The molecule has 252 valence electrons. The Kier molecular flexibility index (Phi) is 12.8. The molecule has 0 aliphatic carbocycles. The van der Waals surface area contributed by atoms with Crippen LogP contribution in [0.15, 0.2) is 30.3 Å². The molecule has 15 nitrogen and oxygen atoms in total. The molecular formula is C31H43N5O10. The van der Waals surface area contributed by atoms with E-state index in [1.54, 1.807) is 58.9 Å². The zero-order valence-corrected chi connectivity index (χ0v) is 27.2. The molecule has 0 spiro atoms. The van der Waals surface area contributed by atoms with E-state index in [0.717, 1.165) is 0 Å². The molecule has 1 aromatic carbocycles. The van der Waals surface area contributed by atoms with Crippen molar-refractivity contribution in [3.63, 3.8) is 0 Å². The first-order valence-corrected chi connectivity index (χ1v) is 15.1. The molecule has 1 fully saturated rings. The third-order valence-corrected chi connectivity index (χ3v) is 6.63. The zero-order valence-electron chi connectivity index (χ0n) is 27.2. The smallest absolute Gasteiger partial charge is 0.409 e. The molecule has 2 aromatic rings. The van der Waals surface area contributed by atoms with Gasteiger partial charge in [0.1, 0.15) is 17.4 Å². The van der Waals surface area contributed by atoms with Gasteiger partial charge >= 0.3 is 18.0 Å². The van der Waals surface area contributed by atoms with Crippen LogP contribution >= 0.6 is 0 Å². The number of nitrogens with zero attached hydrogens (tertiary/aromatic N) is 4. The number of hydrogen-bond acceptors (Lipinski definition) is 11. The average molecular weight is 646 g/mol. The highest BCUT2D eigenvalue weighted by atomic mass is 16.6. The quantitative estimate of drug-likeness (QED) is 0.251. The van der Waals surface area contributed by atoms with E-state index >= 15 is 0 Å². The average Bonchev–Trinajstić information content (AvgIpc) is 3.46. The number of amides is 3. The first-order chi connectivity index (χ1) is 21.8. The Morgan fingerprint density at radius 2 is 1.61 bits per heavy atom. The molecule has 1 saturated heterocycles. The number of carbonyl (C=O) groups is 5. The van der Waals surface area contributed by atoms with Crippen molar-refractivity contribution in [1.29, 1.82) is 0 Å². The van der Waals surface area contributed by atoms with Crippen LogP contribution < -0.4 is 14.8 Å². The number of hydrogen-bond donors (Lipinski definition) is 1. The fourth-order valence-electron chi connectivity index (χ4n) is 4.53. The maximum atomic E-state index is 13.7. The Hall–Kier alpha value is -4.82. The van der Waals surface area contributed by atoms with Crippen LogP contribution in [0.2, 0.25) is 0 Å². The number of rotatable bonds is 13. The van der Waals surface area contributed by atoms with E-state index in [2.05, 4.69) is 10.4 Å². The van der Waals surface area contributed by atoms with Crippen molar-refractivity contribution in [3.8, 4) is 17.3 Å². The van der Waals surface area contributed by atoms with Gasteiger partial charge in [0.15, 0.2) is 12.3 Å². The number of nitrogens with one attached hydrogen (secondary N) is 1. The van der Waals surface area contributed by atoms with Gasteiger partial charge in [-0.25, -0.2) is 14.3 Å². The highest BCUT2D eigenvalue weighted by molar-refractivity contribution is 5.96. The molecule has 1 aliphatic rings. The van der Waals surface area contributed by atoms with Gasteiger partial charge in [0.05, 0.1) is 26.0 Å².